The van der Waals surface area contributed by atoms with Crippen LogP contribution in [0.15, 0.2) is 48.5 Å². The zero-order valence-corrected chi connectivity index (χ0v) is 14.5. The highest BCUT2D eigenvalue weighted by molar-refractivity contribution is 6.30. The first-order chi connectivity index (χ1) is 12.0. The van der Waals surface area contributed by atoms with Crippen LogP contribution >= 0.6 is 11.6 Å². The number of hydrogen-bond donors (Lipinski definition) is 2. The predicted octanol–water partition coefficient (Wildman–Crippen LogP) is 2.78. The van der Waals surface area contributed by atoms with Crippen molar-refractivity contribution in [2.45, 2.75) is 25.3 Å². The number of rotatable bonds is 5. The molecule has 0 aliphatic carbocycles. The fraction of sp³-hybridized carbons (Fsp3) is 0.263. The first-order valence-corrected chi connectivity index (χ1v) is 8.62. The molecule has 1 aliphatic heterocycles. The minimum absolute atomic E-state index is 0.0881. The molecule has 1 aliphatic rings. The molecule has 0 saturated carbocycles. The van der Waals surface area contributed by atoms with Crippen LogP contribution in [0.3, 0.4) is 0 Å². The van der Waals surface area contributed by atoms with Gasteiger partial charge in [-0.3, -0.25) is 9.59 Å². The molecule has 1 atom stereocenters. The number of anilines is 2. The van der Waals surface area contributed by atoms with Crippen molar-refractivity contribution in [3.05, 3.63) is 59.1 Å². The number of carbonyl (C=O) groups excluding carboxylic acids is 2. The molecule has 1 fully saturated rings. The van der Waals surface area contributed by atoms with Gasteiger partial charge in [0.15, 0.2) is 0 Å². The first kappa shape index (κ1) is 17.3. The molecule has 0 radical (unpaired) electrons. The number of amides is 2. The summed E-state index contributed by atoms with van der Waals surface area (Å²) in [7, 11) is 0. The van der Waals surface area contributed by atoms with Crippen LogP contribution in [0, 0.1) is 0 Å². The van der Waals surface area contributed by atoms with Crippen LogP contribution in [-0.4, -0.2) is 24.4 Å². The molecule has 1 unspecified atom stereocenters. The summed E-state index contributed by atoms with van der Waals surface area (Å²) < 4.78 is 0. The fourth-order valence-electron chi connectivity index (χ4n) is 2.97. The number of nitrogens with zero attached hydrogens (tertiary/aromatic N) is 1. The quantitative estimate of drug-likeness (QED) is 0.808. The maximum Gasteiger partial charge on any atom is 0.249 e. The molecule has 5 nitrogen and oxygen atoms in total. The molecule has 6 heteroatoms. The van der Waals surface area contributed by atoms with E-state index in [1.807, 2.05) is 36.4 Å². The maximum absolute atomic E-state index is 12.5. The van der Waals surface area contributed by atoms with Crippen molar-refractivity contribution in [1.82, 2.24) is 5.32 Å². The Morgan fingerprint density at radius 2 is 1.92 bits per heavy atom. The van der Waals surface area contributed by atoms with E-state index >= 15 is 0 Å². The smallest absolute Gasteiger partial charge is 0.249 e. The van der Waals surface area contributed by atoms with Crippen molar-refractivity contribution in [2.75, 3.05) is 17.2 Å². The Hall–Kier alpha value is -2.53. The van der Waals surface area contributed by atoms with Crippen LogP contribution in [0.25, 0.3) is 0 Å². The second-order valence-corrected chi connectivity index (χ2v) is 6.51. The molecule has 1 heterocycles. The van der Waals surface area contributed by atoms with Crippen LogP contribution in [0.4, 0.5) is 11.4 Å². The Morgan fingerprint density at radius 3 is 2.64 bits per heavy atom. The van der Waals surface area contributed by atoms with E-state index in [0.29, 0.717) is 36.5 Å². The van der Waals surface area contributed by atoms with Crippen LogP contribution in [0.1, 0.15) is 18.4 Å². The monoisotopic (exact) mass is 357 g/mol. The molecule has 3 rings (SSSR count). The lowest BCUT2D eigenvalue weighted by molar-refractivity contribution is -0.126. The summed E-state index contributed by atoms with van der Waals surface area (Å²) in [5.74, 6) is -0.227. The highest BCUT2D eigenvalue weighted by atomic mass is 35.5. The Kier molecular flexibility index (Phi) is 5.24. The van der Waals surface area contributed by atoms with E-state index in [4.69, 9.17) is 17.3 Å². The molecule has 2 aromatic rings. The summed E-state index contributed by atoms with van der Waals surface area (Å²) in [5.41, 5.74) is 8.30. The molecule has 0 bridgehead atoms. The number of nitrogen functional groups attached to an aromatic ring is 1. The SMILES string of the molecule is Nc1ccccc1CCC(=O)NC1CCN(c2ccc(Cl)cc2)C1=O. The van der Waals surface area contributed by atoms with Crippen molar-refractivity contribution in [1.29, 1.82) is 0 Å². The molecule has 0 spiro atoms. The van der Waals surface area contributed by atoms with Gasteiger partial charge >= 0.3 is 0 Å². The average molecular weight is 358 g/mol. The van der Waals surface area contributed by atoms with E-state index in [2.05, 4.69) is 5.32 Å². The minimum Gasteiger partial charge on any atom is -0.399 e. The third kappa shape index (κ3) is 4.12. The lowest BCUT2D eigenvalue weighted by Crippen LogP contribution is -2.41. The second kappa shape index (κ2) is 7.57. The number of aryl methyl sites for hydroxylation is 1. The number of para-hydroxylation sites is 1. The van der Waals surface area contributed by atoms with Crippen LogP contribution in [0.2, 0.25) is 5.02 Å². The van der Waals surface area contributed by atoms with Crippen molar-refractivity contribution < 1.29 is 9.59 Å². The van der Waals surface area contributed by atoms with Gasteiger partial charge in [-0.15, -0.1) is 0 Å². The summed E-state index contributed by atoms with van der Waals surface area (Å²) in [5, 5.41) is 3.46. The molecular formula is C19H20ClN3O2. The molecule has 1 saturated heterocycles. The fourth-order valence-corrected chi connectivity index (χ4v) is 3.09. The zero-order chi connectivity index (χ0) is 17.8. The van der Waals surface area contributed by atoms with E-state index < -0.39 is 6.04 Å². The topological polar surface area (TPSA) is 75.4 Å². The van der Waals surface area contributed by atoms with Gasteiger partial charge in [0.25, 0.3) is 0 Å². The van der Waals surface area contributed by atoms with Crippen molar-refractivity contribution >= 4 is 34.8 Å². The maximum atomic E-state index is 12.5. The van der Waals surface area contributed by atoms with Crippen molar-refractivity contribution in [3.63, 3.8) is 0 Å². The summed E-state index contributed by atoms with van der Waals surface area (Å²) in [6.45, 7) is 0.580. The van der Waals surface area contributed by atoms with Gasteiger partial charge in [0.05, 0.1) is 0 Å². The van der Waals surface area contributed by atoms with E-state index in [-0.39, 0.29) is 11.8 Å². The van der Waals surface area contributed by atoms with Gasteiger partial charge in [-0.25, -0.2) is 0 Å². The van der Waals surface area contributed by atoms with E-state index in [1.165, 1.54) is 0 Å². The standard InChI is InChI=1S/C19H20ClN3O2/c20-14-6-8-15(9-7-14)23-12-11-17(19(23)25)22-18(24)10-5-13-3-1-2-4-16(13)21/h1-4,6-9,17H,5,10-12,21H2,(H,22,24). The molecule has 130 valence electrons. The minimum atomic E-state index is -0.476. The van der Waals surface area contributed by atoms with Gasteiger partial charge in [0, 0.05) is 29.4 Å². The summed E-state index contributed by atoms with van der Waals surface area (Å²) in [6.07, 6.45) is 1.46. The number of nitrogens with two attached hydrogens (primary N) is 1. The summed E-state index contributed by atoms with van der Waals surface area (Å²) >= 11 is 5.88. The van der Waals surface area contributed by atoms with Gasteiger partial charge in [0.1, 0.15) is 6.04 Å². The van der Waals surface area contributed by atoms with E-state index in [0.717, 1.165) is 11.3 Å². The normalized spacial score (nSPS) is 16.9. The number of carbonyl (C=O) groups is 2. The predicted molar refractivity (Wildman–Crippen MR) is 99.5 cm³/mol. The van der Waals surface area contributed by atoms with Gasteiger partial charge in [0.2, 0.25) is 11.8 Å². The number of benzene rings is 2. The van der Waals surface area contributed by atoms with Gasteiger partial charge < -0.3 is 16.0 Å². The molecule has 2 amide bonds. The Balaban J connectivity index is 1.55. The molecule has 3 N–H and O–H groups in total. The van der Waals surface area contributed by atoms with Crippen LogP contribution in [-0.2, 0) is 16.0 Å². The van der Waals surface area contributed by atoms with Crippen LogP contribution < -0.4 is 16.0 Å². The van der Waals surface area contributed by atoms with Gasteiger partial charge in [-0.1, -0.05) is 29.8 Å². The molecule has 0 aromatic heterocycles. The zero-order valence-electron chi connectivity index (χ0n) is 13.7. The Morgan fingerprint density at radius 1 is 1.20 bits per heavy atom. The van der Waals surface area contributed by atoms with Crippen LogP contribution in [0.5, 0.6) is 0 Å². The average Bonchev–Trinajstić information content (AvgIpc) is 2.96. The number of hydrogen-bond acceptors (Lipinski definition) is 3. The first-order valence-electron chi connectivity index (χ1n) is 8.24. The highest BCUT2D eigenvalue weighted by Gasteiger charge is 2.33. The molecular weight excluding hydrogens is 338 g/mol. The molecule has 2 aromatic carbocycles. The lowest BCUT2D eigenvalue weighted by atomic mass is 10.1. The van der Waals surface area contributed by atoms with E-state index in [9.17, 15) is 9.59 Å². The van der Waals surface area contributed by atoms with Gasteiger partial charge in [-0.2, -0.15) is 0 Å². The number of halogens is 1. The second-order valence-electron chi connectivity index (χ2n) is 6.07. The Labute approximate surface area is 151 Å². The van der Waals surface area contributed by atoms with Gasteiger partial charge in [-0.05, 0) is 48.7 Å². The third-order valence-electron chi connectivity index (χ3n) is 4.36. The number of nitrogens with one attached hydrogen (secondary N) is 1. The highest BCUT2D eigenvalue weighted by Crippen LogP contribution is 2.23. The van der Waals surface area contributed by atoms with E-state index in [1.54, 1.807) is 17.0 Å². The Bertz CT molecular complexity index is 776. The lowest BCUT2D eigenvalue weighted by Gasteiger charge is -2.17. The summed E-state index contributed by atoms with van der Waals surface area (Å²) in [4.78, 5) is 26.4. The molecule has 25 heavy (non-hydrogen) atoms. The largest absolute Gasteiger partial charge is 0.399 e. The van der Waals surface area contributed by atoms with Crippen molar-refractivity contribution in [2.24, 2.45) is 0 Å². The third-order valence-corrected chi connectivity index (χ3v) is 4.61. The van der Waals surface area contributed by atoms with Crippen molar-refractivity contribution in [3.8, 4) is 0 Å². The summed E-state index contributed by atoms with van der Waals surface area (Å²) in [6, 6.07) is 14.1.